The van der Waals surface area contributed by atoms with Gasteiger partial charge in [0.25, 0.3) is 0 Å². The van der Waals surface area contributed by atoms with E-state index in [4.69, 9.17) is 9.47 Å². The fourth-order valence-electron chi connectivity index (χ4n) is 3.90. The zero-order chi connectivity index (χ0) is 31.0. The number of hydrogen-bond acceptors (Lipinski definition) is 7. The zero-order valence-corrected chi connectivity index (χ0v) is 26.1. The SMILES string of the molecule is CC(C)CN(C[C@@H](O)[C@H](Cc1ccccc1)NC(=O)OC(C)(C)C)S(=O)(=O)c1ccc(NC(=O)OC(C)(C)C)cc1. The van der Waals surface area contributed by atoms with Crippen LogP contribution in [-0.2, 0) is 25.9 Å². The Kier molecular flexibility index (Phi) is 11.8. The first-order valence-corrected chi connectivity index (χ1v) is 15.1. The lowest BCUT2D eigenvalue weighted by molar-refractivity contribution is 0.0399. The number of alkyl carbamates (subject to hydrolysis) is 1. The second kappa shape index (κ2) is 14.2. The van der Waals surface area contributed by atoms with Crippen LogP contribution >= 0.6 is 0 Å². The number of benzene rings is 2. The zero-order valence-electron chi connectivity index (χ0n) is 25.3. The van der Waals surface area contributed by atoms with Gasteiger partial charge in [-0.05, 0) is 83.7 Å². The van der Waals surface area contributed by atoms with Crippen molar-refractivity contribution in [2.45, 2.75) is 90.1 Å². The Morgan fingerprint density at radius 3 is 1.90 bits per heavy atom. The van der Waals surface area contributed by atoms with Gasteiger partial charge in [-0.15, -0.1) is 0 Å². The summed E-state index contributed by atoms with van der Waals surface area (Å²) >= 11 is 0. The molecule has 3 N–H and O–H groups in total. The van der Waals surface area contributed by atoms with Gasteiger partial charge < -0.3 is 19.9 Å². The van der Waals surface area contributed by atoms with Gasteiger partial charge in [0.15, 0.2) is 0 Å². The first-order valence-electron chi connectivity index (χ1n) is 13.7. The summed E-state index contributed by atoms with van der Waals surface area (Å²) in [5.74, 6) is -0.0449. The number of anilines is 1. The third kappa shape index (κ3) is 12.1. The van der Waals surface area contributed by atoms with Crippen LogP contribution in [0.3, 0.4) is 0 Å². The van der Waals surface area contributed by atoms with Gasteiger partial charge in [0.1, 0.15) is 11.2 Å². The summed E-state index contributed by atoms with van der Waals surface area (Å²) in [5, 5.41) is 16.6. The Labute approximate surface area is 244 Å². The van der Waals surface area contributed by atoms with Crippen molar-refractivity contribution >= 4 is 27.9 Å². The van der Waals surface area contributed by atoms with E-state index in [9.17, 15) is 23.1 Å². The van der Waals surface area contributed by atoms with E-state index in [2.05, 4.69) is 10.6 Å². The molecule has 0 spiro atoms. The summed E-state index contributed by atoms with van der Waals surface area (Å²) in [4.78, 5) is 24.7. The maximum absolute atomic E-state index is 13.7. The normalized spacial score (nSPS) is 13.9. The molecule has 0 bridgehead atoms. The van der Waals surface area contributed by atoms with Crippen LogP contribution in [0.4, 0.5) is 15.3 Å². The summed E-state index contributed by atoms with van der Waals surface area (Å²) in [5.41, 5.74) is -0.191. The molecular formula is C30H45N3O7S. The smallest absolute Gasteiger partial charge is 0.412 e. The van der Waals surface area contributed by atoms with Crippen molar-refractivity contribution in [1.82, 2.24) is 9.62 Å². The molecule has 0 saturated carbocycles. The summed E-state index contributed by atoms with van der Waals surface area (Å²) < 4.78 is 39.3. The summed E-state index contributed by atoms with van der Waals surface area (Å²) in [6.45, 7) is 14.1. The number of nitrogens with one attached hydrogen (secondary N) is 2. The van der Waals surface area contributed by atoms with Crippen molar-refractivity contribution in [3.8, 4) is 0 Å². The number of sulfonamides is 1. The minimum Gasteiger partial charge on any atom is -0.444 e. The second-order valence-corrected chi connectivity index (χ2v) is 14.3. The van der Waals surface area contributed by atoms with E-state index in [1.165, 1.54) is 28.6 Å². The average Bonchev–Trinajstić information content (AvgIpc) is 2.81. The number of amides is 2. The molecule has 0 aliphatic rings. The molecule has 11 heteroatoms. The first-order chi connectivity index (χ1) is 18.9. The van der Waals surface area contributed by atoms with Crippen LogP contribution in [-0.4, -0.2) is 66.5 Å². The standard InChI is InChI=1S/C30H45N3O7S/c1-21(2)19-33(41(37,38)24-16-14-23(15-17-24)31-27(35)39-29(3,4)5)20-26(34)25(18-22-12-10-9-11-13-22)32-28(36)40-30(6,7)8/h9-17,21,25-26,34H,18-20H2,1-8H3,(H,31,35)(H,32,36)/t25-,26+/m0/s1. The molecule has 0 radical (unpaired) electrons. The van der Waals surface area contributed by atoms with Gasteiger partial charge in [-0.2, -0.15) is 4.31 Å². The number of rotatable bonds is 11. The molecule has 2 rings (SSSR count). The number of ether oxygens (including phenoxy) is 2. The fraction of sp³-hybridized carbons (Fsp3) is 0.533. The molecule has 2 amide bonds. The van der Waals surface area contributed by atoms with E-state index in [1.54, 1.807) is 41.5 Å². The highest BCUT2D eigenvalue weighted by Gasteiger charge is 2.32. The second-order valence-electron chi connectivity index (χ2n) is 12.4. The number of hydrogen-bond donors (Lipinski definition) is 3. The molecule has 0 aromatic heterocycles. The molecule has 0 unspecified atom stereocenters. The molecule has 10 nitrogen and oxygen atoms in total. The Balaban J connectivity index is 2.28. The minimum atomic E-state index is -4.04. The number of aliphatic hydroxyl groups is 1. The van der Waals surface area contributed by atoms with Gasteiger partial charge in [-0.25, -0.2) is 18.0 Å². The van der Waals surface area contributed by atoms with Crippen LogP contribution < -0.4 is 10.6 Å². The van der Waals surface area contributed by atoms with Gasteiger partial charge in [-0.1, -0.05) is 44.2 Å². The molecule has 0 aliphatic carbocycles. The van der Waals surface area contributed by atoms with E-state index in [1.807, 2.05) is 44.2 Å². The Bertz CT molecular complexity index is 1240. The maximum atomic E-state index is 13.7. The summed E-state index contributed by atoms with van der Waals surface area (Å²) in [6.07, 6.45) is -2.34. The van der Waals surface area contributed by atoms with Crippen molar-refractivity contribution in [2.24, 2.45) is 5.92 Å². The van der Waals surface area contributed by atoms with Crippen molar-refractivity contribution in [2.75, 3.05) is 18.4 Å². The van der Waals surface area contributed by atoms with Crippen LogP contribution in [0.15, 0.2) is 59.5 Å². The predicted molar refractivity (Wildman–Crippen MR) is 159 cm³/mol. The van der Waals surface area contributed by atoms with Crippen LogP contribution in [0.2, 0.25) is 0 Å². The van der Waals surface area contributed by atoms with Gasteiger partial charge in [0.2, 0.25) is 10.0 Å². The number of nitrogens with zero attached hydrogens (tertiary/aromatic N) is 1. The highest BCUT2D eigenvalue weighted by molar-refractivity contribution is 7.89. The Morgan fingerprint density at radius 1 is 0.854 bits per heavy atom. The topological polar surface area (TPSA) is 134 Å². The van der Waals surface area contributed by atoms with E-state index < -0.39 is 45.6 Å². The molecule has 2 atom stereocenters. The van der Waals surface area contributed by atoms with Crippen molar-refractivity contribution in [3.05, 3.63) is 60.2 Å². The lowest BCUT2D eigenvalue weighted by atomic mass is 10.0. The van der Waals surface area contributed by atoms with Gasteiger partial charge in [0, 0.05) is 18.8 Å². The number of carbonyl (C=O) groups is 2. The molecule has 2 aromatic carbocycles. The van der Waals surface area contributed by atoms with Crippen molar-refractivity contribution in [3.63, 3.8) is 0 Å². The maximum Gasteiger partial charge on any atom is 0.412 e. The van der Waals surface area contributed by atoms with Gasteiger partial charge in [0.05, 0.1) is 17.0 Å². The minimum absolute atomic E-state index is 0.000186. The molecule has 0 aliphatic heterocycles. The van der Waals surface area contributed by atoms with E-state index in [0.29, 0.717) is 5.69 Å². The number of aliphatic hydroxyl groups excluding tert-OH is 1. The molecule has 41 heavy (non-hydrogen) atoms. The molecule has 0 heterocycles. The van der Waals surface area contributed by atoms with Crippen LogP contribution in [0.5, 0.6) is 0 Å². The average molecular weight is 592 g/mol. The van der Waals surface area contributed by atoms with Gasteiger partial charge >= 0.3 is 12.2 Å². The predicted octanol–water partition coefficient (Wildman–Crippen LogP) is 5.18. The quantitative estimate of drug-likeness (QED) is 0.328. The monoisotopic (exact) mass is 591 g/mol. The molecule has 0 fully saturated rings. The summed E-state index contributed by atoms with van der Waals surface area (Å²) in [6, 6.07) is 14.2. The van der Waals surface area contributed by atoms with E-state index in [0.717, 1.165) is 5.56 Å². The lowest BCUT2D eigenvalue weighted by Gasteiger charge is -2.31. The first kappa shape index (κ1) is 34.1. The highest BCUT2D eigenvalue weighted by atomic mass is 32.2. The van der Waals surface area contributed by atoms with Crippen molar-refractivity contribution < 1.29 is 32.6 Å². The summed E-state index contributed by atoms with van der Waals surface area (Å²) in [7, 11) is -4.04. The van der Waals surface area contributed by atoms with Crippen LogP contribution in [0.25, 0.3) is 0 Å². The van der Waals surface area contributed by atoms with Gasteiger partial charge in [-0.3, -0.25) is 5.32 Å². The van der Waals surface area contributed by atoms with E-state index in [-0.39, 0.29) is 30.3 Å². The Hall–Kier alpha value is -3.15. The molecular weight excluding hydrogens is 546 g/mol. The largest absolute Gasteiger partial charge is 0.444 e. The molecule has 0 saturated heterocycles. The van der Waals surface area contributed by atoms with Crippen LogP contribution in [0, 0.1) is 5.92 Å². The lowest BCUT2D eigenvalue weighted by Crippen LogP contribution is -2.51. The fourth-order valence-corrected chi connectivity index (χ4v) is 5.53. The van der Waals surface area contributed by atoms with E-state index >= 15 is 0 Å². The highest BCUT2D eigenvalue weighted by Crippen LogP contribution is 2.22. The van der Waals surface area contributed by atoms with Crippen LogP contribution in [0.1, 0.15) is 61.0 Å². The third-order valence-corrected chi connectivity index (χ3v) is 7.41. The Morgan fingerprint density at radius 2 is 1.39 bits per heavy atom. The third-order valence-electron chi connectivity index (χ3n) is 5.56. The van der Waals surface area contributed by atoms with Crippen molar-refractivity contribution in [1.29, 1.82) is 0 Å². The molecule has 228 valence electrons. The molecule has 2 aromatic rings. The number of carbonyl (C=O) groups excluding carboxylic acids is 2.